The second-order valence-electron chi connectivity index (χ2n) is 20.0. The molecule has 64 heavy (non-hydrogen) atoms. The summed E-state index contributed by atoms with van der Waals surface area (Å²) < 4.78 is 11.8. The van der Waals surface area contributed by atoms with Crippen molar-refractivity contribution in [3.05, 3.63) is 132 Å². The molecule has 0 spiro atoms. The molecule has 8 aliphatic carbocycles. The van der Waals surface area contributed by atoms with Crippen molar-refractivity contribution in [3.8, 4) is 33.8 Å². The summed E-state index contributed by atoms with van der Waals surface area (Å²) in [5.74, 6) is 7.31. The van der Waals surface area contributed by atoms with Crippen molar-refractivity contribution in [2.75, 3.05) is 14.2 Å². The summed E-state index contributed by atoms with van der Waals surface area (Å²) >= 11 is 0. The summed E-state index contributed by atoms with van der Waals surface area (Å²) in [6.45, 7) is 0. The topological polar surface area (TPSA) is 95.7 Å². The number of nitrogens with two attached hydrogens (primary N) is 1. The van der Waals surface area contributed by atoms with Gasteiger partial charge in [0.05, 0.1) is 14.2 Å². The molecule has 14 rings (SSSR count). The first-order valence-corrected chi connectivity index (χ1v) is 22.9. The summed E-state index contributed by atoms with van der Waals surface area (Å²) in [6.07, 6.45) is 17.1. The molecule has 6 heteroatoms. The number of carbonyl (C=O) groups is 1. The number of benzene rings is 6. The van der Waals surface area contributed by atoms with Crippen molar-refractivity contribution in [1.29, 1.82) is 0 Å². The van der Waals surface area contributed by atoms with Crippen LogP contribution in [0, 0.1) is 35.5 Å². The number of hydrogen-bond donors (Lipinski definition) is 1. The van der Waals surface area contributed by atoms with Crippen LogP contribution in [0.3, 0.4) is 0 Å². The summed E-state index contributed by atoms with van der Waals surface area (Å²) in [4.78, 5) is 27.8. The largest absolute Gasteiger partial charge is 0.496 e. The minimum atomic E-state index is -0.388. The fourth-order valence-corrected chi connectivity index (χ4v) is 14.4. The predicted molar refractivity (Wildman–Crippen MR) is 259 cm³/mol. The molecule has 8 saturated carbocycles. The zero-order chi connectivity index (χ0) is 42.6. The smallest absolute Gasteiger partial charge is 0.373 e. The van der Waals surface area contributed by atoms with Crippen molar-refractivity contribution < 1.29 is 23.9 Å². The summed E-state index contributed by atoms with van der Waals surface area (Å²) in [5, 5.41) is 4.78. The van der Waals surface area contributed by atoms with E-state index in [0.717, 1.165) is 57.8 Å². The lowest BCUT2D eigenvalue weighted by atomic mass is 9.48. The molecule has 1 amide bonds. The van der Waals surface area contributed by atoms with E-state index >= 15 is 0 Å². The highest BCUT2D eigenvalue weighted by atomic mass is 16.5. The van der Waals surface area contributed by atoms with Gasteiger partial charge in [0.1, 0.15) is 11.5 Å². The third-order valence-corrected chi connectivity index (χ3v) is 16.2. The minimum absolute atomic E-state index is 0. The average Bonchev–Trinajstić information content (AvgIpc) is 3.27. The lowest BCUT2D eigenvalue weighted by Crippen LogP contribution is -2.48. The quantitative estimate of drug-likeness (QED) is 0.173. The van der Waals surface area contributed by atoms with Gasteiger partial charge in [0.15, 0.2) is 0 Å². The van der Waals surface area contributed by atoms with Crippen LogP contribution in [0.4, 0.5) is 0 Å². The third-order valence-electron chi connectivity index (χ3n) is 16.2. The second-order valence-corrected chi connectivity index (χ2v) is 20.0. The molecule has 8 bridgehead atoms. The number of ether oxygens (including phenoxy) is 2. The molecule has 6 aromatic carbocycles. The van der Waals surface area contributed by atoms with Crippen molar-refractivity contribution in [2.24, 2.45) is 41.2 Å². The van der Waals surface area contributed by atoms with E-state index in [1.807, 2.05) is 32.4 Å². The van der Waals surface area contributed by atoms with Crippen LogP contribution in [0.1, 0.15) is 113 Å². The Bertz CT molecular complexity index is 2640. The SMILES string of the molecule is C.C.COc1ccc(-c2ccc3cc(C(N)=O)ccc3c2)cc1C12CC3CC(CC(C3)C1)C2.COc1ccc(-c2ccc3ccccc3c2)cc1C12CC3CC(CC(C3)C1)C2.O=C=O. The van der Waals surface area contributed by atoms with Gasteiger partial charge in [0.2, 0.25) is 5.91 Å². The Kier molecular flexibility index (Phi) is 12.7. The Morgan fingerprint density at radius 2 is 0.812 bits per heavy atom. The van der Waals surface area contributed by atoms with Crippen LogP contribution < -0.4 is 15.2 Å². The van der Waals surface area contributed by atoms with Gasteiger partial charge >= 0.3 is 6.15 Å². The number of methoxy groups -OCH3 is 2. The molecule has 8 fully saturated rings. The lowest BCUT2D eigenvalue weighted by Gasteiger charge is -2.57. The van der Waals surface area contributed by atoms with Gasteiger partial charge in [0.25, 0.3) is 0 Å². The average molecular weight is 856 g/mol. The van der Waals surface area contributed by atoms with E-state index in [4.69, 9.17) is 24.8 Å². The lowest BCUT2D eigenvalue weighted by molar-refractivity contribution is -0.191. The Morgan fingerprint density at radius 3 is 1.22 bits per heavy atom. The third kappa shape index (κ3) is 8.27. The maximum absolute atomic E-state index is 11.5. The van der Waals surface area contributed by atoms with Crippen LogP contribution >= 0.6 is 0 Å². The van der Waals surface area contributed by atoms with Crippen molar-refractivity contribution in [1.82, 2.24) is 0 Å². The highest BCUT2D eigenvalue weighted by molar-refractivity contribution is 5.98. The molecule has 0 radical (unpaired) electrons. The summed E-state index contributed by atoms with van der Waals surface area (Å²) in [5.41, 5.74) is 14.6. The number of rotatable bonds is 7. The van der Waals surface area contributed by atoms with Gasteiger partial charge in [-0.2, -0.15) is 9.59 Å². The first-order chi connectivity index (χ1) is 30.2. The van der Waals surface area contributed by atoms with E-state index in [0.29, 0.717) is 16.4 Å². The molecule has 332 valence electrons. The van der Waals surface area contributed by atoms with E-state index in [-0.39, 0.29) is 26.9 Å². The first kappa shape index (κ1) is 44.9. The number of fused-ring (bicyclic) bond motifs is 2. The van der Waals surface area contributed by atoms with E-state index < -0.39 is 0 Å². The standard InChI is InChI=1S/C28H29NO2.C27H28O.CO2.2CH4/c1-31-26-7-6-23(21-2-3-22-12-24(27(29)30)5-4-20(22)11-21)13-25(26)28-14-17-8-18(15-28)10-19(9-17)16-28;1-28-26-9-8-24(23-7-6-21-4-2-3-5-22(21)13-23)14-25(26)27-15-18-10-19(16-27)12-20(11-18)17-27;2-1-3;;/h2-7,11-13,17-19H,8-10,14-16H2,1H3,(H2,29,30);2-9,13-14,18-20H,10-12,15-17H2,1H3;;2*1H4. The molecular weight excluding hydrogens is 791 g/mol. The summed E-state index contributed by atoms with van der Waals surface area (Å²) in [6, 6.07) is 41.3. The fraction of sp³-hybridized carbons (Fsp3) is 0.414. The fourth-order valence-electron chi connectivity index (χ4n) is 14.4. The second kappa shape index (κ2) is 18.0. The number of amides is 1. The molecular formula is C58H65NO5. The zero-order valence-electron chi connectivity index (χ0n) is 36.0. The number of primary amides is 1. The van der Waals surface area contributed by atoms with Gasteiger partial charge in [-0.1, -0.05) is 81.6 Å². The van der Waals surface area contributed by atoms with Crippen molar-refractivity contribution in [2.45, 2.75) is 103 Å². The molecule has 6 aromatic rings. The molecule has 6 nitrogen and oxygen atoms in total. The highest BCUT2D eigenvalue weighted by Crippen LogP contribution is 2.63. The van der Waals surface area contributed by atoms with Crippen LogP contribution in [0.15, 0.2) is 115 Å². The number of hydrogen-bond acceptors (Lipinski definition) is 5. The van der Waals surface area contributed by atoms with Gasteiger partial charge in [-0.15, -0.1) is 0 Å². The van der Waals surface area contributed by atoms with E-state index in [1.165, 1.54) is 121 Å². The van der Waals surface area contributed by atoms with Crippen LogP contribution in [-0.4, -0.2) is 26.3 Å². The highest BCUT2D eigenvalue weighted by Gasteiger charge is 2.54. The monoisotopic (exact) mass is 855 g/mol. The van der Waals surface area contributed by atoms with Crippen LogP contribution in [0.25, 0.3) is 43.8 Å². The van der Waals surface area contributed by atoms with Crippen molar-refractivity contribution >= 4 is 33.6 Å². The van der Waals surface area contributed by atoms with Gasteiger partial charge in [-0.25, -0.2) is 0 Å². The normalized spacial score (nSPS) is 27.5. The van der Waals surface area contributed by atoms with Crippen LogP contribution in [-0.2, 0) is 20.4 Å². The van der Waals surface area contributed by atoms with E-state index in [9.17, 15) is 4.79 Å². The maximum Gasteiger partial charge on any atom is 0.373 e. The molecule has 0 aromatic heterocycles. The van der Waals surface area contributed by atoms with E-state index in [1.54, 1.807) is 0 Å². The molecule has 0 aliphatic heterocycles. The van der Waals surface area contributed by atoms with Gasteiger partial charge in [0, 0.05) is 16.7 Å². The Morgan fingerprint density at radius 1 is 0.484 bits per heavy atom. The minimum Gasteiger partial charge on any atom is -0.496 e. The maximum atomic E-state index is 11.5. The van der Waals surface area contributed by atoms with E-state index in [2.05, 4.69) is 97.1 Å². The zero-order valence-corrected chi connectivity index (χ0v) is 36.0. The molecule has 0 heterocycles. The Balaban J connectivity index is 0.000000161. The summed E-state index contributed by atoms with van der Waals surface area (Å²) in [7, 11) is 3.65. The first-order valence-electron chi connectivity index (χ1n) is 22.9. The van der Waals surface area contributed by atoms with Gasteiger partial charge in [-0.3, -0.25) is 4.79 Å². The molecule has 0 saturated heterocycles. The molecule has 0 atom stereocenters. The molecule has 2 N–H and O–H groups in total. The van der Waals surface area contributed by atoms with Crippen molar-refractivity contribution in [3.63, 3.8) is 0 Å². The van der Waals surface area contributed by atoms with Crippen LogP contribution in [0.2, 0.25) is 0 Å². The Labute approximate surface area is 379 Å². The van der Waals surface area contributed by atoms with Gasteiger partial charge < -0.3 is 15.2 Å². The van der Waals surface area contributed by atoms with Crippen LogP contribution in [0.5, 0.6) is 11.5 Å². The predicted octanol–water partition coefficient (Wildman–Crippen LogP) is 13.8. The Hall–Kier alpha value is -5.71. The molecule has 0 unspecified atom stereocenters. The van der Waals surface area contributed by atoms with Gasteiger partial charge in [-0.05, 0) is 216 Å². The molecule has 8 aliphatic rings. The number of carbonyl (C=O) groups excluding carboxylic acids is 3.